The summed E-state index contributed by atoms with van der Waals surface area (Å²) in [4.78, 5) is 14.3. The summed E-state index contributed by atoms with van der Waals surface area (Å²) in [5.74, 6) is 0.952. The first-order valence-electron chi connectivity index (χ1n) is 8.32. The number of aryl methyl sites for hydroxylation is 1. The Kier molecular flexibility index (Phi) is 4.60. The third-order valence-electron chi connectivity index (χ3n) is 5.62. The number of carbonyl (C=O) groups is 1. The van der Waals surface area contributed by atoms with Crippen LogP contribution in [0, 0.1) is 5.41 Å². The average Bonchev–Trinajstić information content (AvgIpc) is 2.60. The van der Waals surface area contributed by atoms with Crippen LogP contribution in [-0.2, 0) is 11.2 Å². The molecule has 23 heavy (non-hydrogen) atoms. The van der Waals surface area contributed by atoms with Gasteiger partial charge in [-0.1, -0.05) is 18.2 Å². The first-order chi connectivity index (χ1) is 11.1. The normalized spacial score (nSPS) is 26.0. The fourth-order valence-corrected chi connectivity index (χ4v) is 3.89. The number of amides is 1. The third-order valence-corrected chi connectivity index (χ3v) is 5.62. The SMILES string of the molecule is COc1ccccc1CCC(=O)N1CCC2(CC1)[C@H](O)C[C@@H]2O. The van der Waals surface area contributed by atoms with Crippen LogP contribution in [0.5, 0.6) is 5.75 Å². The zero-order valence-electron chi connectivity index (χ0n) is 13.6. The van der Waals surface area contributed by atoms with Gasteiger partial charge in [-0.3, -0.25) is 4.79 Å². The molecule has 126 valence electrons. The summed E-state index contributed by atoms with van der Waals surface area (Å²) in [6, 6.07) is 7.76. The minimum Gasteiger partial charge on any atom is -0.496 e. The molecule has 2 fully saturated rings. The van der Waals surface area contributed by atoms with Crippen molar-refractivity contribution in [1.82, 2.24) is 4.90 Å². The molecule has 0 radical (unpaired) electrons. The highest BCUT2D eigenvalue weighted by atomic mass is 16.5. The Morgan fingerprint density at radius 2 is 1.91 bits per heavy atom. The van der Waals surface area contributed by atoms with Gasteiger partial charge in [0.1, 0.15) is 5.75 Å². The number of nitrogens with zero attached hydrogens (tertiary/aromatic N) is 1. The number of rotatable bonds is 4. The van der Waals surface area contributed by atoms with E-state index in [1.807, 2.05) is 29.2 Å². The molecule has 1 heterocycles. The minimum atomic E-state index is -0.414. The molecule has 0 aromatic heterocycles. The number of ether oxygens (including phenoxy) is 1. The monoisotopic (exact) mass is 319 g/mol. The first-order valence-corrected chi connectivity index (χ1v) is 8.32. The number of benzene rings is 1. The van der Waals surface area contributed by atoms with Crippen molar-refractivity contribution in [2.45, 2.75) is 44.3 Å². The zero-order valence-corrected chi connectivity index (χ0v) is 13.6. The Balaban J connectivity index is 1.52. The van der Waals surface area contributed by atoms with Crippen LogP contribution < -0.4 is 4.74 Å². The molecule has 5 nitrogen and oxygen atoms in total. The maximum absolute atomic E-state index is 12.4. The van der Waals surface area contributed by atoms with Gasteiger partial charge in [0, 0.05) is 31.3 Å². The van der Waals surface area contributed by atoms with E-state index in [1.165, 1.54) is 0 Å². The van der Waals surface area contributed by atoms with E-state index in [1.54, 1.807) is 7.11 Å². The van der Waals surface area contributed by atoms with E-state index in [0.29, 0.717) is 45.2 Å². The lowest BCUT2D eigenvalue weighted by Crippen LogP contribution is -2.61. The molecule has 3 rings (SSSR count). The lowest BCUT2D eigenvalue weighted by atomic mass is 9.58. The number of likely N-dealkylation sites (tertiary alicyclic amines) is 1. The highest BCUT2D eigenvalue weighted by molar-refractivity contribution is 5.76. The van der Waals surface area contributed by atoms with Gasteiger partial charge in [0.2, 0.25) is 5.91 Å². The summed E-state index contributed by atoms with van der Waals surface area (Å²) >= 11 is 0. The van der Waals surface area contributed by atoms with Crippen molar-refractivity contribution in [3.63, 3.8) is 0 Å². The van der Waals surface area contributed by atoms with Gasteiger partial charge >= 0.3 is 0 Å². The molecular weight excluding hydrogens is 294 g/mol. The number of carbonyl (C=O) groups excluding carboxylic acids is 1. The third kappa shape index (κ3) is 2.95. The smallest absolute Gasteiger partial charge is 0.222 e. The Morgan fingerprint density at radius 1 is 1.26 bits per heavy atom. The molecule has 1 saturated heterocycles. The molecule has 1 aromatic carbocycles. The molecule has 1 amide bonds. The summed E-state index contributed by atoms with van der Waals surface area (Å²) in [5.41, 5.74) is 0.682. The summed E-state index contributed by atoms with van der Waals surface area (Å²) in [7, 11) is 1.64. The van der Waals surface area contributed by atoms with E-state index < -0.39 is 12.2 Å². The van der Waals surface area contributed by atoms with E-state index in [4.69, 9.17) is 4.74 Å². The molecule has 0 bridgehead atoms. The van der Waals surface area contributed by atoms with Gasteiger partial charge in [0.05, 0.1) is 19.3 Å². The van der Waals surface area contributed by atoms with Gasteiger partial charge in [-0.15, -0.1) is 0 Å². The molecule has 1 aromatic rings. The highest BCUT2D eigenvalue weighted by Crippen LogP contribution is 2.49. The fraction of sp³-hybridized carbons (Fsp3) is 0.611. The van der Waals surface area contributed by atoms with Crippen molar-refractivity contribution in [2.75, 3.05) is 20.2 Å². The van der Waals surface area contributed by atoms with Crippen LogP contribution in [0.4, 0.5) is 0 Å². The predicted molar refractivity (Wildman–Crippen MR) is 86.2 cm³/mol. The van der Waals surface area contributed by atoms with Crippen molar-refractivity contribution in [1.29, 1.82) is 0 Å². The summed E-state index contributed by atoms with van der Waals surface area (Å²) in [6.07, 6.45) is 2.15. The van der Waals surface area contributed by atoms with Crippen LogP contribution in [0.15, 0.2) is 24.3 Å². The van der Waals surface area contributed by atoms with Crippen molar-refractivity contribution >= 4 is 5.91 Å². The molecular formula is C18H25NO4. The standard InChI is InChI=1S/C18H25NO4/c1-23-14-5-3-2-4-13(14)6-7-17(22)19-10-8-18(9-11-19)15(20)12-16(18)21/h2-5,15-16,20-21H,6-12H2,1H3/t15-,16+. The second-order valence-electron chi connectivity index (χ2n) is 6.69. The topological polar surface area (TPSA) is 70.0 Å². The fourth-order valence-electron chi connectivity index (χ4n) is 3.89. The summed E-state index contributed by atoms with van der Waals surface area (Å²) in [6.45, 7) is 1.25. The highest BCUT2D eigenvalue weighted by Gasteiger charge is 2.55. The summed E-state index contributed by atoms with van der Waals surface area (Å²) in [5, 5.41) is 19.9. The molecule has 0 unspecified atom stereocenters. The van der Waals surface area contributed by atoms with Gasteiger partial charge in [0.15, 0.2) is 0 Å². The average molecular weight is 319 g/mol. The Labute approximate surface area is 136 Å². The molecule has 2 N–H and O–H groups in total. The number of para-hydroxylation sites is 1. The van der Waals surface area contributed by atoms with Crippen molar-refractivity contribution in [3.8, 4) is 5.75 Å². The number of hydrogen-bond donors (Lipinski definition) is 2. The number of aliphatic hydroxyl groups excluding tert-OH is 2. The van der Waals surface area contributed by atoms with Crippen molar-refractivity contribution in [2.24, 2.45) is 5.41 Å². The van der Waals surface area contributed by atoms with E-state index in [9.17, 15) is 15.0 Å². The van der Waals surface area contributed by atoms with Crippen molar-refractivity contribution in [3.05, 3.63) is 29.8 Å². The quantitative estimate of drug-likeness (QED) is 0.879. The number of piperidine rings is 1. The van der Waals surface area contributed by atoms with Gasteiger partial charge in [-0.2, -0.15) is 0 Å². The zero-order chi connectivity index (χ0) is 16.4. The lowest BCUT2D eigenvalue weighted by Gasteiger charge is -2.55. The van der Waals surface area contributed by atoms with Crippen LogP contribution >= 0.6 is 0 Å². The second-order valence-corrected chi connectivity index (χ2v) is 6.69. The molecule has 1 aliphatic carbocycles. The van der Waals surface area contributed by atoms with Crippen LogP contribution in [0.3, 0.4) is 0 Å². The first kappa shape index (κ1) is 16.3. The maximum atomic E-state index is 12.4. The van der Waals surface area contributed by atoms with E-state index >= 15 is 0 Å². The van der Waals surface area contributed by atoms with E-state index in [0.717, 1.165) is 11.3 Å². The molecule has 1 saturated carbocycles. The Hall–Kier alpha value is -1.59. The van der Waals surface area contributed by atoms with Gasteiger partial charge in [-0.05, 0) is 30.9 Å². The van der Waals surface area contributed by atoms with Crippen LogP contribution in [-0.4, -0.2) is 53.4 Å². The predicted octanol–water partition coefficient (Wildman–Crippen LogP) is 1.36. The lowest BCUT2D eigenvalue weighted by molar-refractivity contribution is -0.191. The number of aliphatic hydroxyl groups is 2. The number of hydrogen-bond acceptors (Lipinski definition) is 4. The van der Waals surface area contributed by atoms with E-state index in [-0.39, 0.29) is 11.3 Å². The number of methoxy groups -OCH3 is 1. The molecule has 2 atom stereocenters. The van der Waals surface area contributed by atoms with Gasteiger partial charge in [0.25, 0.3) is 0 Å². The summed E-state index contributed by atoms with van der Waals surface area (Å²) < 4.78 is 5.32. The maximum Gasteiger partial charge on any atom is 0.222 e. The van der Waals surface area contributed by atoms with Gasteiger partial charge < -0.3 is 19.8 Å². The molecule has 1 aliphatic heterocycles. The van der Waals surface area contributed by atoms with Crippen LogP contribution in [0.25, 0.3) is 0 Å². The van der Waals surface area contributed by atoms with E-state index in [2.05, 4.69) is 0 Å². The molecule has 1 spiro atoms. The Morgan fingerprint density at radius 3 is 2.52 bits per heavy atom. The molecule has 2 aliphatic rings. The van der Waals surface area contributed by atoms with Crippen LogP contribution in [0.1, 0.15) is 31.2 Å². The molecule has 5 heteroatoms. The van der Waals surface area contributed by atoms with Crippen molar-refractivity contribution < 1.29 is 19.7 Å². The second kappa shape index (κ2) is 6.49. The van der Waals surface area contributed by atoms with Crippen LogP contribution in [0.2, 0.25) is 0 Å². The van der Waals surface area contributed by atoms with Gasteiger partial charge in [-0.25, -0.2) is 0 Å². The Bertz CT molecular complexity index is 556. The minimum absolute atomic E-state index is 0.133. The largest absolute Gasteiger partial charge is 0.496 e.